The highest BCUT2D eigenvalue weighted by atomic mass is 19.1. The van der Waals surface area contributed by atoms with Crippen molar-refractivity contribution in [1.29, 1.82) is 0 Å². The minimum absolute atomic E-state index is 0.0629. The Hall–Kier alpha value is -3.22. The summed E-state index contributed by atoms with van der Waals surface area (Å²) in [4.78, 5) is 36.0. The molecule has 1 heterocycles. The van der Waals surface area contributed by atoms with Crippen molar-refractivity contribution in [3.8, 4) is 11.5 Å². The Morgan fingerprint density at radius 2 is 1.64 bits per heavy atom. The number of rotatable bonds is 7. The molecule has 0 aromatic heterocycles. The maximum Gasteiger partial charge on any atom is 0.306 e. The van der Waals surface area contributed by atoms with Crippen LogP contribution in [-0.4, -0.2) is 37.4 Å². The van der Waals surface area contributed by atoms with E-state index in [2.05, 4.69) is 0 Å². The second kappa shape index (κ2) is 9.12. The van der Waals surface area contributed by atoms with Crippen molar-refractivity contribution < 1.29 is 33.0 Å². The van der Waals surface area contributed by atoms with E-state index < -0.39 is 24.2 Å². The number of ether oxygens (including phenoxy) is 3. The molecule has 0 atom stereocenters. The summed E-state index contributed by atoms with van der Waals surface area (Å²) in [5.74, 6) is -0.882. The van der Waals surface area contributed by atoms with Crippen LogP contribution in [0.25, 0.3) is 0 Å². The molecule has 146 valence electrons. The van der Waals surface area contributed by atoms with E-state index >= 15 is 0 Å². The van der Waals surface area contributed by atoms with Crippen LogP contribution < -0.4 is 9.47 Å². The molecule has 0 spiro atoms. The molecule has 0 aliphatic carbocycles. The van der Waals surface area contributed by atoms with Gasteiger partial charge in [-0.3, -0.25) is 14.4 Å². The van der Waals surface area contributed by atoms with Crippen molar-refractivity contribution in [3.63, 3.8) is 0 Å². The average molecular weight is 386 g/mol. The van der Waals surface area contributed by atoms with Gasteiger partial charge in [-0.25, -0.2) is 4.39 Å². The number of carbonyl (C=O) groups is 3. The van der Waals surface area contributed by atoms with Gasteiger partial charge in [0.2, 0.25) is 0 Å². The lowest BCUT2D eigenvalue weighted by Gasteiger charge is -2.09. The number of halogens is 1. The summed E-state index contributed by atoms with van der Waals surface area (Å²) in [5, 5.41) is 0. The average Bonchev–Trinajstić information content (AvgIpc) is 2.95. The quantitative estimate of drug-likeness (QED) is 0.536. The number of esters is 1. The van der Waals surface area contributed by atoms with Gasteiger partial charge in [-0.05, 0) is 30.3 Å². The summed E-state index contributed by atoms with van der Waals surface area (Å²) < 4.78 is 29.1. The molecule has 0 bridgehead atoms. The third-order valence-electron chi connectivity index (χ3n) is 4.14. The summed E-state index contributed by atoms with van der Waals surface area (Å²) in [7, 11) is 0. The highest BCUT2D eigenvalue weighted by Gasteiger charge is 2.16. The predicted molar refractivity (Wildman–Crippen MR) is 97.3 cm³/mol. The van der Waals surface area contributed by atoms with Crippen LogP contribution >= 0.6 is 0 Å². The second-order valence-corrected chi connectivity index (χ2v) is 6.23. The smallest absolute Gasteiger partial charge is 0.306 e. The molecule has 7 heteroatoms. The molecule has 3 rings (SSSR count). The van der Waals surface area contributed by atoms with E-state index in [4.69, 9.17) is 14.2 Å². The monoisotopic (exact) mass is 386 g/mol. The van der Waals surface area contributed by atoms with Crippen LogP contribution in [-0.2, 0) is 9.53 Å². The minimum atomic E-state index is -0.674. The van der Waals surface area contributed by atoms with Crippen molar-refractivity contribution in [2.45, 2.75) is 19.3 Å². The van der Waals surface area contributed by atoms with Crippen LogP contribution in [0.1, 0.15) is 40.0 Å². The Kier molecular flexibility index (Phi) is 6.37. The highest BCUT2D eigenvalue weighted by molar-refractivity contribution is 5.99. The molecule has 6 nitrogen and oxygen atoms in total. The van der Waals surface area contributed by atoms with Gasteiger partial charge in [-0.15, -0.1) is 0 Å². The van der Waals surface area contributed by atoms with Gasteiger partial charge in [0.25, 0.3) is 0 Å². The van der Waals surface area contributed by atoms with Crippen LogP contribution in [0, 0.1) is 5.82 Å². The third kappa shape index (κ3) is 5.16. The molecule has 0 unspecified atom stereocenters. The fourth-order valence-corrected chi connectivity index (χ4v) is 2.66. The summed E-state index contributed by atoms with van der Waals surface area (Å²) in [6, 6.07) is 10.0. The standard InChI is InChI=1S/C21H19FO6/c22-16-4-1-3-14(11-16)18(24)13-28-21(25)8-6-17(23)15-5-7-19-20(12-15)27-10-2-9-26-19/h1,3-5,7,11-12H,2,6,8-10,13H2. The fourth-order valence-electron chi connectivity index (χ4n) is 2.66. The van der Waals surface area contributed by atoms with Crippen LogP contribution in [0.2, 0.25) is 0 Å². The molecule has 0 saturated carbocycles. The fraction of sp³-hybridized carbons (Fsp3) is 0.286. The molecule has 0 amide bonds. The zero-order valence-electron chi connectivity index (χ0n) is 15.1. The lowest BCUT2D eigenvalue weighted by molar-refractivity contribution is -0.142. The molecule has 2 aromatic carbocycles. The van der Waals surface area contributed by atoms with Crippen LogP contribution in [0.15, 0.2) is 42.5 Å². The molecule has 0 saturated heterocycles. The van der Waals surface area contributed by atoms with Crippen molar-refractivity contribution in [2.24, 2.45) is 0 Å². The first kappa shape index (κ1) is 19.5. The van der Waals surface area contributed by atoms with Gasteiger partial charge in [-0.2, -0.15) is 0 Å². The van der Waals surface area contributed by atoms with E-state index in [1.165, 1.54) is 18.2 Å². The number of hydrogen-bond donors (Lipinski definition) is 0. The normalized spacial score (nSPS) is 12.8. The molecular weight excluding hydrogens is 367 g/mol. The molecule has 1 aliphatic rings. The predicted octanol–water partition coefficient (Wildman–Crippen LogP) is 3.38. The number of ketones is 2. The number of carbonyl (C=O) groups excluding carboxylic acids is 3. The van der Waals surface area contributed by atoms with Crippen LogP contribution in [0.3, 0.4) is 0 Å². The molecule has 1 aliphatic heterocycles. The zero-order valence-corrected chi connectivity index (χ0v) is 15.1. The summed E-state index contributed by atoms with van der Waals surface area (Å²) in [6.45, 7) is 0.567. The second-order valence-electron chi connectivity index (χ2n) is 6.23. The number of Topliss-reactive ketones (excluding diaryl/α,β-unsaturated/α-hetero) is 2. The topological polar surface area (TPSA) is 78.9 Å². The van der Waals surface area contributed by atoms with E-state index in [1.807, 2.05) is 0 Å². The Morgan fingerprint density at radius 3 is 2.43 bits per heavy atom. The lowest BCUT2D eigenvalue weighted by Crippen LogP contribution is -2.15. The van der Waals surface area contributed by atoms with Crippen molar-refractivity contribution in [1.82, 2.24) is 0 Å². The third-order valence-corrected chi connectivity index (χ3v) is 4.14. The first-order chi connectivity index (χ1) is 13.5. The highest BCUT2D eigenvalue weighted by Crippen LogP contribution is 2.30. The Bertz CT molecular complexity index is 892. The molecular formula is C21H19FO6. The summed E-state index contributed by atoms with van der Waals surface area (Å²) in [5.41, 5.74) is 0.531. The summed E-state index contributed by atoms with van der Waals surface area (Å²) in [6.07, 6.45) is 0.536. The van der Waals surface area contributed by atoms with Gasteiger partial charge in [0.1, 0.15) is 5.82 Å². The van der Waals surface area contributed by atoms with Crippen molar-refractivity contribution in [2.75, 3.05) is 19.8 Å². The van der Waals surface area contributed by atoms with E-state index in [1.54, 1.807) is 18.2 Å². The molecule has 0 N–H and O–H groups in total. The maximum absolute atomic E-state index is 13.1. The van der Waals surface area contributed by atoms with Crippen molar-refractivity contribution >= 4 is 17.5 Å². The van der Waals surface area contributed by atoms with Gasteiger partial charge in [0, 0.05) is 24.0 Å². The minimum Gasteiger partial charge on any atom is -0.490 e. The van der Waals surface area contributed by atoms with E-state index in [0.717, 1.165) is 12.5 Å². The first-order valence-corrected chi connectivity index (χ1v) is 8.90. The maximum atomic E-state index is 13.1. The SMILES string of the molecule is O=C(CCC(=O)c1ccc2c(c1)OCCCO2)OCC(=O)c1cccc(F)c1. The molecule has 0 fully saturated rings. The number of fused-ring (bicyclic) bond motifs is 1. The lowest BCUT2D eigenvalue weighted by atomic mass is 10.1. The molecule has 28 heavy (non-hydrogen) atoms. The van der Waals surface area contributed by atoms with Gasteiger partial charge < -0.3 is 14.2 Å². The van der Waals surface area contributed by atoms with E-state index in [9.17, 15) is 18.8 Å². The van der Waals surface area contributed by atoms with Gasteiger partial charge >= 0.3 is 5.97 Å². The van der Waals surface area contributed by atoms with Crippen LogP contribution in [0.4, 0.5) is 4.39 Å². The molecule has 0 radical (unpaired) electrons. The van der Waals surface area contributed by atoms with Gasteiger partial charge in [0.15, 0.2) is 29.7 Å². The van der Waals surface area contributed by atoms with E-state index in [-0.39, 0.29) is 24.2 Å². The Labute approximate surface area is 161 Å². The zero-order chi connectivity index (χ0) is 19.9. The largest absolute Gasteiger partial charge is 0.490 e. The number of benzene rings is 2. The van der Waals surface area contributed by atoms with E-state index in [0.29, 0.717) is 30.3 Å². The van der Waals surface area contributed by atoms with Gasteiger partial charge in [-0.1, -0.05) is 12.1 Å². The number of hydrogen-bond acceptors (Lipinski definition) is 6. The molecule has 2 aromatic rings. The first-order valence-electron chi connectivity index (χ1n) is 8.90. The Balaban J connectivity index is 1.48. The van der Waals surface area contributed by atoms with Crippen LogP contribution in [0.5, 0.6) is 11.5 Å². The van der Waals surface area contributed by atoms with Crippen molar-refractivity contribution in [3.05, 3.63) is 59.4 Å². The Morgan fingerprint density at radius 1 is 0.893 bits per heavy atom. The van der Waals surface area contributed by atoms with Gasteiger partial charge in [0.05, 0.1) is 19.6 Å². The summed E-state index contributed by atoms with van der Waals surface area (Å²) >= 11 is 0.